The molecule has 0 aromatic heterocycles. The molecule has 1 aliphatic heterocycles. The summed E-state index contributed by atoms with van der Waals surface area (Å²) in [6, 6.07) is 3.28. The number of hydrogen-bond donors (Lipinski definition) is 1. The van der Waals surface area contributed by atoms with Gasteiger partial charge in [-0.15, -0.1) is 0 Å². The maximum Gasteiger partial charge on any atom is 0.422 e. The van der Waals surface area contributed by atoms with Crippen molar-refractivity contribution in [1.29, 1.82) is 0 Å². The first-order valence-electron chi connectivity index (χ1n) is 7.26. The zero-order chi connectivity index (χ0) is 17.0. The van der Waals surface area contributed by atoms with Crippen LogP contribution < -0.4 is 10.1 Å². The third-order valence-electron chi connectivity index (χ3n) is 3.63. The first kappa shape index (κ1) is 17.4. The summed E-state index contributed by atoms with van der Waals surface area (Å²) in [5.74, 6) is -0.617. The first-order valence-corrected chi connectivity index (χ1v) is 7.26. The highest BCUT2D eigenvalue weighted by Crippen LogP contribution is 2.29. The molecule has 0 radical (unpaired) electrons. The van der Waals surface area contributed by atoms with Crippen LogP contribution in [0.25, 0.3) is 0 Å². The summed E-state index contributed by atoms with van der Waals surface area (Å²) >= 11 is 0. The number of amides is 1. The average molecular weight is 334 g/mol. The van der Waals surface area contributed by atoms with Crippen LogP contribution in [-0.2, 0) is 4.79 Å². The standard InChI is InChI=1S/C15H18F4N2O2/c1-10(22)21-6-4-12(5-7-21)20-13-8-11(16)2-3-14(13)23-9-15(17,18)19/h2-3,8,12,20H,4-7,9H2,1H3. The lowest BCUT2D eigenvalue weighted by Crippen LogP contribution is -2.41. The number of rotatable bonds is 4. The predicted molar refractivity (Wildman–Crippen MR) is 76.8 cm³/mol. The summed E-state index contributed by atoms with van der Waals surface area (Å²) in [5.41, 5.74) is 0.190. The van der Waals surface area contributed by atoms with Crippen LogP contribution in [0.4, 0.5) is 23.2 Å². The molecule has 1 saturated heterocycles. The summed E-state index contributed by atoms with van der Waals surface area (Å²) in [7, 11) is 0. The van der Waals surface area contributed by atoms with Crippen molar-refractivity contribution in [3.8, 4) is 5.75 Å². The maximum absolute atomic E-state index is 13.4. The van der Waals surface area contributed by atoms with Crippen LogP contribution in [0.3, 0.4) is 0 Å². The van der Waals surface area contributed by atoms with E-state index in [1.165, 1.54) is 13.0 Å². The van der Waals surface area contributed by atoms with Gasteiger partial charge in [0.1, 0.15) is 11.6 Å². The number of nitrogens with zero attached hydrogens (tertiary/aromatic N) is 1. The molecule has 2 rings (SSSR count). The Morgan fingerprint density at radius 1 is 1.35 bits per heavy atom. The van der Waals surface area contributed by atoms with E-state index in [2.05, 4.69) is 5.32 Å². The second-order valence-corrected chi connectivity index (χ2v) is 5.47. The second-order valence-electron chi connectivity index (χ2n) is 5.47. The molecule has 1 aromatic rings. The van der Waals surface area contributed by atoms with Crippen molar-refractivity contribution in [2.45, 2.75) is 32.0 Å². The number of halogens is 4. The molecule has 4 nitrogen and oxygen atoms in total. The number of carbonyl (C=O) groups excluding carboxylic acids is 1. The van der Waals surface area contributed by atoms with Gasteiger partial charge >= 0.3 is 6.18 Å². The predicted octanol–water partition coefficient (Wildman–Crippen LogP) is 3.19. The fourth-order valence-electron chi connectivity index (χ4n) is 2.46. The van der Waals surface area contributed by atoms with Gasteiger partial charge in [-0.25, -0.2) is 4.39 Å². The molecular weight excluding hydrogens is 316 g/mol. The molecule has 128 valence electrons. The molecule has 1 N–H and O–H groups in total. The molecule has 0 spiro atoms. The van der Waals surface area contributed by atoms with E-state index >= 15 is 0 Å². The highest BCUT2D eigenvalue weighted by Gasteiger charge is 2.29. The van der Waals surface area contributed by atoms with Crippen LogP contribution in [0.15, 0.2) is 18.2 Å². The molecule has 0 aliphatic carbocycles. The molecule has 1 aromatic carbocycles. The smallest absolute Gasteiger partial charge is 0.422 e. The van der Waals surface area contributed by atoms with Gasteiger partial charge in [-0.3, -0.25) is 4.79 Å². The van der Waals surface area contributed by atoms with Crippen molar-refractivity contribution in [2.24, 2.45) is 0 Å². The van der Waals surface area contributed by atoms with Crippen molar-refractivity contribution < 1.29 is 27.1 Å². The van der Waals surface area contributed by atoms with E-state index < -0.39 is 18.6 Å². The number of likely N-dealkylation sites (tertiary alicyclic amines) is 1. The largest absolute Gasteiger partial charge is 0.482 e. The normalized spacial score (nSPS) is 16.3. The van der Waals surface area contributed by atoms with E-state index in [0.717, 1.165) is 12.1 Å². The van der Waals surface area contributed by atoms with E-state index in [9.17, 15) is 22.4 Å². The Morgan fingerprint density at radius 2 is 2.00 bits per heavy atom. The van der Waals surface area contributed by atoms with Crippen molar-refractivity contribution in [2.75, 3.05) is 25.0 Å². The summed E-state index contributed by atoms with van der Waals surface area (Å²) in [4.78, 5) is 13.0. The van der Waals surface area contributed by atoms with Gasteiger partial charge in [-0.1, -0.05) is 0 Å². The Morgan fingerprint density at radius 3 is 2.57 bits per heavy atom. The first-order chi connectivity index (χ1) is 10.7. The van der Waals surface area contributed by atoms with Crippen LogP contribution in [0.1, 0.15) is 19.8 Å². The van der Waals surface area contributed by atoms with Crippen LogP contribution >= 0.6 is 0 Å². The van der Waals surface area contributed by atoms with Gasteiger partial charge < -0.3 is 15.0 Å². The topological polar surface area (TPSA) is 41.6 Å². The monoisotopic (exact) mass is 334 g/mol. The van der Waals surface area contributed by atoms with Crippen molar-refractivity contribution in [1.82, 2.24) is 4.90 Å². The van der Waals surface area contributed by atoms with Gasteiger partial charge in [-0.05, 0) is 25.0 Å². The molecule has 23 heavy (non-hydrogen) atoms. The highest BCUT2D eigenvalue weighted by molar-refractivity contribution is 5.73. The third kappa shape index (κ3) is 5.30. The zero-order valence-corrected chi connectivity index (χ0v) is 12.6. The molecule has 1 heterocycles. The van der Waals surface area contributed by atoms with Gasteiger partial charge in [0, 0.05) is 32.1 Å². The minimum atomic E-state index is -4.46. The van der Waals surface area contributed by atoms with Crippen molar-refractivity contribution in [3.05, 3.63) is 24.0 Å². The Kier molecular flexibility index (Phi) is 5.33. The van der Waals surface area contributed by atoms with Crippen LogP contribution in [0, 0.1) is 5.82 Å². The maximum atomic E-state index is 13.4. The van der Waals surface area contributed by atoms with E-state index in [0.29, 0.717) is 25.9 Å². The lowest BCUT2D eigenvalue weighted by molar-refractivity contribution is -0.153. The fraction of sp³-hybridized carbons (Fsp3) is 0.533. The average Bonchev–Trinajstić information content (AvgIpc) is 2.46. The molecule has 0 atom stereocenters. The minimum Gasteiger partial charge on any atom is -0.482 e. The zero-order valence-electron chi connectivity index (χ0n) is 12.6. The molecular formula is C15H18F4N2O2. The van der Waals surface area contributed by atoms with Crippen LogP contribution in [0.2, 0.25) is 0 Å². The Labute approximate surface area is 131 Å². The number of ether oxygens (including phenoxy) is 1. The van der Waals surface area contributed by atoms with E-state index in [4.69, 9.17) is 4.74 Å². The number of carbonyl (C=O) groups is 1. The van der Waals surface area contributed by atoms with Gasteiger partial charge in [0.05, 0.1) is 5.69 Å². The second kappa shape index (κ2) is 7.06. The van der Waals surface area contributed by atoms with Gasteiger partial charge in [0.25, 0.3) is 0 Å². The SMILES string of the molecule is CC(=O)N1CCC(Nc2cc(F)ccc2OCC(F)(F)F)CC1. The highest BCUT2D eigenvalue weighted by atomic mass is 19.4. The number of anilines is 1. The summed E-state index contributed by atoms with van der Waals surface area (Å²) in [6.07, 6.45) is -3.19. The lowest BCUT2D eigenvalue weighted by atomic mass is 10.0. The number of hydrogen-bond acceptors (Lipinski definition) is 3. The van der Waals surface area contributed by atoms with Gasteiger partial charge in [0.2, 0.25) is 5.91 Å². The molecule has 0 unspecified atom stereocenters. The van der Waals surface area contributed by atoms with E-state index in [-0.39, 0.29) is 23.4 Å². The Balaban J connectivity index is 2.01. The number of nitrogens with one attached hydrogen (secondary N) is 1. The Hall–Kier alpha value is -1.99. The summed E-state index contributed by atoms with van der Waals surface area (Å²) in [6.45, 7) is 1.17. The number of benzene rings is 1. The fourth-order valence-corrected chi connectivity index (χ4v) is 2.46. The van der Waals surface area contributed by atoms with Crippen LogP contribution in [-0.4, -0.2) is 42.7 Å². The molecule has 1 aliphatic rings. The van der Waals surface area contributed by atoms with Crippen molar-refractivity contribution >= 4 is 11.6 Å². The minimum absolute atomic E-state index is 0.0107. The lowest BCUT2D eigenvalue weighted by Gasteiger charge is -2.32. The summed E-state index contributed by atoms with van der Waals surface area (Å²) in [5, 5.41) is 3.02. The molecule has 1 amide bonds. The number of piperidine rings is 1. The van der Waals surface area contributed by atoms with E-state index in [1.54, 1.807) is 4.90 Å². The third-order valence-corrected chi connectivity index (χ3v) is 3.63. The number of alkyl halides is 3. The molecule has 0 bridgehead atoms. The molecule has 0 saturated carbocycles. The van der Waals surface area contributed by atoms with Gasteiger partial charge in [0.15, 0.2) is 6.61 Å². The Bertz CT molecular complexity index is 555. The van der Waals surface area contributed by atoms with Crippen molar-refractivity contribution in [3.63, 3.8) is 0 Å². The van der Waals surface area contributed by atoms with Crippen LogP contribution in [0.5, 0.6) is 5.75 Å². The molecule has 8 heteroatoms. The molecule has 1 fully saturated rings. The van der Waals surface area contributed by atoms with E-state index in [1.807, 2.05) is 0 Å². The quantitative estimate of drug-likeness (QED) is 0.860. The summed E-state index contributed by atoms with van der Waals surface area (Å²) < 4.78 is 54.9. The van der Waals surface area contributed by atoms with Gasteiger partial charge in [-0.2, -0.15) is 13.2 Å².